The van der Waals surface area contributed by atoms with E-state index in [0.717, 1.165) is 24.8 Å². The van der Waals surface area contributed by atoms with Gasteiger partial charge in [-0.15, -0.1) is 0 Å². The van der Waals surface area contributed by atoms with E-state index in [2.05, 4.69) is 22.8 Å². The van der Waals surface area contributed by atoms with Crippen molar-refractivity contribution in [2.45, 2.75) is 37.8 Å². The summed E-state index contributed by atoms with van der Waals surface area (Å²) in [7, 11) is 1.72. The minimum absolute atomic E-state index is 0.580. The molecule has 1 heterocycles. The fourth-order valence-electron chi connectivity index (χ4n) is 2.42. The quantitative estimate of drug-likeness (QED) is 0.834. The highest BCUT2D eigenvalue weighted by Crippen LogP contribution is 2.28. The van der Waals surface area contributed by atoms with Crippen LogP contribution in [0.25, 0.3) is 0 Å². The molecule has 1 unspecified atom stereocenters. The van der Waals surface area contributed by atoms with Crippen molar-refractivity contribution in [1.29, 1.82) is 0 Å². The van der Waals surface area contributed by atoms with Gasteiger partial charge in [0.2, 0.25) is 0 Å². The van der Waals surface area contributed by atoms with Crippen LogP contribution in [-0.4, -0.2) is 25.7 Å². The average Bonchev–Trinajstić information content (AvgIpc) is 3.19. The van der Waals surface area contributed by atoms with Gasteiger partial charge in [-0.05, 0) is 49.4 Å². The van der Waals surface area contributed by atoms with E-state index in [9.17, 15) is 0 Å². The number of ether oxygens (including phenoxy) is 1. The van der Waals surface area contributed by atoms with Gasteiger partial charge in [0.25, 0.3) is 0 Å². The number of anilines is 1. The summed E-state index contributed by atoms with van der Waals surface area (Å²) < 4.78 is 5.25. The molecule has 1 aromatic rings. The Hall–Kier alpha value is -1.22. The predicted molar refractivity (Wildman–Crippen MR) is 69.8 cm³/mol. The number of rotatable bonds is 4. The molecule has 0 saturated heterocycles. The maximum absolute atomic E-state index is 5.25. The summed E-state index contributed by atoms with van der Waals surface area (Å²) in [6.07, 6.45) is 5.08. The Morgan fingerprint density at radius 2 is 2.24 bits per heavy atom. The summed E-state index contributed by atoms with van der Waals surface area (Å²) in [6, 6.07) is 7.69. The Kier molecular flexibility index (Phi) is 2.93. The van der Waals surface area contributed by atoms with Crippen molar-refractivity contribution in [2.75, 3.05) is 19.0 Å². The molecule has 0 bridgehead atoms. The first kappa shape index (κ1) is 10.9. The summed E-state index contributed by atoms with van der Waals surface area (Å²) in [5, 5.41) is 7.21. The third-order valence-corrected chi connectivity index (χ3v) is 3.66. The lowest BCUT2D eigenvalue weighted by atomic mass is 9.98. The molecule has 1 fully saturated rings. The molecule has 0 radical (unpaired) electrons. The van der Waals surface area contributed by atoms with E-state index in [1.807, 2.05) is 6.07 Å². The SMILES string of the molecule is COc1ccc2c(c1)CCC(CNC1CC1)N2. The van der Waals surface area contributed by atoms with Crippen molar-refractivity contribution in [1.82, 2.24) is 5.32 Å². The second-order valence-corrected chi connectivity index (χ2v) is 5.09. The molecule has 2 aliphatic rings. The van der Waals surface area contributed by atoms with Crippen LogP contribution < -0.4 is 15.4 Å². The van der Waals surface area contributed by atoms with Crippen molar-refractivity contribution >= 4 is 5.69 Å². The molecule has 1 atom stereocenters. The summed E-state index contributed by atoms with van der Waals surface area (Å²) in [5.74, 6) is 0.958. The zero-order valence-corrected chi connectivity index (χ0v) is 10.3. The van der Waals surface area contributed by atoms with Crippen LogP contribution in [0.3, 0.4) is 0 Å². The molecule has 1 aliphatic heterocycles. The molecule has 1 aliphatic carbocycles. The van der Waals surface area contributed by atoms with Gasteiger partial charge in [-0.2, -0.15) is 0 Å². The lowest BCUT2D eigenvalue weighted by Crippen LogP contribution is -2.36. The van der Waals surface area contributed by atoms with Crippen LogP contribution in [0.4, 0.5) is 5.69 Å². The fourth-order valence-corrected chi connectivity index (χ4v) is 2.42. The summed E-state index contributed by atoms with van der Waals surface area (Å²) in [5.41, 5.74) is 2.66. The van der Waals surface area contributed by atoms with Crippen LogP contribution in [0.5, 0.6) is 5.75 Å². The van der Waals surface area contributed by atoms with E-state index in [0.29, 0.717) is 6.04 Å². The van der Waals surface area contributed by atoms with Gasteiger partial charge in [-0.1, -0.05) is 0 Å². The molecule has 0 aromatic heterocycles. The van der Waals surface area contributed by atoms with Crippen molar-refractivity contribution < 1.29 is 4.74 Å². The lowest BCUT2D eigenvalue weighted by molar-refractivity contribution is 0.414. The van der Waals surface area contributed by atoms with Crippen LogP contribution in [0.15, 0.2) is 18.2 Å². The van der Waals surface area contributed by atoms with Crippen LogP contribution >= 0.6 is 0 Å². The van der Waals surface area contributed by atoms with Gasteiger partial charge in [0.1, 0.15) is 5.75 Å². The minimum atomic E-state index is 0.580. The van der Waals surface area contributed by atoms with E-state index in [-0.39, 0.29) is 0 Å². The van der Waals surface area contributed by atoms with E-state index < -0.39 is 0 Å². The number of nitrogens with one attached hydrogen (secondary N) is 2. The Morgan fingerprint density at radius 1 is 1.35 bits per heavy atom. The van der Waals surface area contributed by atoms with Crippen LogP contribution in [0.2, 0.25) is 0 Å². The maximum atomic E-state index is 5.25. The number of benzene rings is 1. The first-order valence-corrected chi connectivity index (χ1v) is 6.52. The number of aryl methyl sites for hydroxylation is 1. The predicted octanol–water partition coefficient (Wildman–Crippen LogP) is 2.17. The number of fused-ring (bicyclic) bond motifs is 1. The van der Waals surface area contributed by atoms with Gasteiger partial charge in [0.05, 0.1) is 7.11 Å². The van der Waals surface area contributed by atoms with E-state index in [1.165, 1.54) is 30.5 Å². The van der Waals surface area contributed by atoms with Gasteiger partial charge in [-0.3, -0.25) is 0 Å². The topological polar surface area (TPSA) is 33.3 Å². The van der Waals surface area contributed by atoms with Crippen molar-refractivity contribution in [2.24, 2.45) is 0 Å². The molecule has 92 valence electrons. The Labute approximate surface area is 103 Å². The van der Waals surface area contributed by atoms with E-state index in [4.69, 9.17) is 4.74 Å². The molecule has 1 aromatic carbocycles. The second-order valence-electron chi connectivity index (χ2n) is 5.09. The Morgan fingerprint density at radius 3 is 3.00 bits per heavy atom. The number of hydrogen-bond acceptors (Lipinski definition) is 3. The minimum Gasteiger partial charge on any atom is -0.497 e. The van der Waals surface area contributed by atoms with Gasteiger partial charge < -0.3 is 15.4 Å². The summed E-state index contributed by atoms with van der Waals surface area (Å²) >= 11 is 0. The molecule has 3 rings (SSSR count). The molecule has 0 amide bonds. The van der Waals surface area contributed by atoms with Crippen molar-refractivity contribution in [3.63, 3.8) is 0 Å². The summed E-state index contributed by atoms with van der Waals surface area (Å²) in [4.78, 5) is 0. The lowest BCUT2D eigenvalue weighted by Gasteiger charge is -2.27. The molecule has 3 nitrogen and oxygen atoms in total. The zero-order chi connectivity index (χ0) is 11.7. The molecular weight excluding hydrogens is 212 g/mol. The zero-order valence-electron chi connectivity index (χ0n) is 10.3. The number of hydrogen-bond donors (Lipinski definition) is 2. The first-order chi connectivity index (χ1) is 8.35. The van der Waals surface area contributed by atoms with Gasteiger partial charge in [-0.25, -0.2) is 0 Å². The van der Waals surface area contributed by atoms with Gasteiger partial charge >= 0.3 is 0 Å². The average molecular weight is 232 g/mol. The summed E-state index contributed by atoms with van der Waals surface area (Å²) in [6.45, 7) is 1.09. The molecule has 17 heavy (non-hydrogen) atoms. The van der Waals surface area contributed by atoms with Crippen molar-refractivity contribution in [3.8, 4) is 5.75 Å². The molecular formula is C14H20N2O. The van der Waals surface area contributed by atoms with Crippen molar-refractivity contribution in [3.05, 3.63) is 23.8 Å². The Bertz CT molecular complexity index is 401. The largest absolute Gasteiger partial charge is 0.497 e. The molecule has 3 heteroatoms. The highest BCUT2D eigenvalue weighted by molar-refractivity contribution is 5.56. The third kappa shape index (κ3) is 2.55. The van der Waals surface area contributed by atoms with E-state index >= 15 is 0 Å². The van der Waals surface area contributed by atoms with Gasteiger partial charge in [0.15, 0.2) is 0 Å². The Balaban J connectivity index is 1.63. The maximum Gasteiger partial charge on any atom is 0.119 e. The third-order valence-electron chi connectivity index (χ3n) is 3.66. The van der Waals surface area contributed by atoms with Crippen LogP contribution in [-0.2, 0) is 6.42 Å². The standard InChI is InChI=1S/C14H20N2O/c1-17-13-6-7-14-10(8-13)2-3-12(16-14)9-15-11-4-5-11/h6-8,11-12,15-16H,2-5,9H2,1H3. The van der Waals surface area contributed by atoms with Crippen LogP contribution in [0.1, 0.15) is 24.8 Å². The highest BCUT2D eigenvalue weighted by Gasteiger charge is 2.23. The van der Waals surface area contributed by atoms with Gasteiger partial charge in [0, 0.05) is 24.3 Å². The monoisotopic (exact) mass is 232 g/mol. The second kappa shape index (κ2) is 4.57. The highest BCUT2D eigenvalue weighted by atomic mass is 16.5. The molecule has 0 spiro atoms. The van der Waals surface area contributed by atoms with Crippen LogP contribution in [0, 0.1) is 0 Å². The number of methoxy groups -OCH3 is 1. The first-order valence-electron chi connectivity index (χ1n) is 6.52. The fraction of sp³-hybridized carbons (Fsp3) is 0.571. The van der Waals surface area contributed by atoms with E-state index in [1.54, 1.807) is 7.11 Å². The smallest absolute Gasteiger partial charge is 0.119 e. The molecule has 2 N–H and O–H groups in total. The molecule has 1 saturated carbocycles. The normalized spacial score (nSPS) is 22.8.